The van der Waals surface area contributed by atoms with Gasteiger partial charge in [0.2, 0.25) is 0 Å². The van der Waals surface area contributed by atoms with Gasteiger partial charge < -0.3 is 14.5 Å². The molecule has 140 valence electrons. The molecular weight excluding hydrogens is 338 g/mol. The number of fused-ring (bicyclic) bond motifs is 1. The van der Waals surface area contributed by atoms with E-state index in [0.717, 1.165) is 24.0 Å². The molecule has 2 aromatic carbocycles. The van der Waals surface area contributed by atoms with Crippen LogP contribution in [0.5, 0.6) is 5.75 Å². The molecule has 0 unspecified atom stereocenters. The van der Waals surface area contributed by atoms with E-state index in [0.29, 0.717) is 18.1 Å². The maximum absolute atomic E-state index is 12.4. The summed E-state index contributed by atoms with van der Waals surface area (Å²) < 4.78 is 11.5. The predicted molar refractivity (Wildman–Crippen MR) is 106 cm³/mol. The lowest BCUT2D eigenvalue weighted by Crippen LogP contribution is -2.34. The molecule has 1 aliphatic rings. The Kier molecular flexibility index (Phi) is 5.42. The summed E-state index contributed by atoms with van der Waals surface area (Å²) in [5.74, 6) is 1.67. The number of rotatable bonds is 5. The Morgan fingerprint density at radius 1 is 0.963 bits per heavy atom. The molecule has 0 saturated heterocycles. The standard InChI is InChI=1S/C23H25NO3/c25-23(24-19-9-3-1-2-4-10-19)22-14-13-21(27-22)16-26-20-12-11-17-7-5-6-8-18(17)15-20/h5-8,11-15,19H,1-4,9-10,16H2,(H,24,25). The highest BCUT2D eigenvalue weighted by atomic mass is 16.5. The van der Waals surface area contributed by atoms with Crippen molar-refractivity contribution in [2.45, 2.75) is 51.2 Å². The highest BCUT2D eigenvalue weighted by molar-refractivity contribution is 5.91. The van der Waals surface area contributed by atoms with Gasteiger partial charge in [0, 0.05) is 6.04 Å². The Bertz CT molecular complexity index is 907. The number of benzene rings is 2. The molecule has 27 heavy (non-hydrogen) atoms. The van der Waals surface area contributed by atoms with Crippen LogP contribution in [-0.4, -0.2) is 11.9 Å². The Labute approximate surface area is 159 Å². The fraction of sp³-hybridized carbons (Fsp3) is 0.348. The van der Waals surface area contributed by atoms with Crippen LogP contribution in [0, 0.1) is 0 Å². The van der Waals surface area contributed by atoms with E-state index in [9.17, 15) is 4.79 Å². The van der Waals surface area contributed by atoms with Crippen molar-refractivity contribution in [3.63, 3.8) is 0 Å². The fourth-order valence-electron chi connectivity index (χ4n) is 3.67. The van der Waals surface area contributed by atoms with Crippen molar-refractivity contribution in [1.82, 2.24) is 5.32 Å². The van der Waals surface area contributed by atoms with Crippen LogP contribution < -0.4 is 10.1 Å². The van der Waals surface area contributed by atoms with Crippen LogP contribution in [0.15, 0.2) is 59.0 Å². The molecule has 0 spiro atoms. The van der Waals surface area contributed by atoms with Gasteiger partial charge in [0.15, 0.2) is 5.76 Å². The van der Waals surface area contributed by atoms with Gasteiger partial charge in [-0.15, -0.1) is 0 Å². The Balaban J connectivity index is 1.35. The quantitative estimate of drug-likeness (QED) is 0.612. The molecule has 1 N–H and O–H groups in total. The summed E-state index contributed by atoms with van der Waals surface area (Å²) in [6.07, 6.45) is 7.03. The van der Waals surface area contributed by atoms with Crippen molar-refractivity contribution in [3.8, 4) is 5.75 Å². The van der Waals surface area contributed by atoms with Crippen LogP contribution in [-0.2, 0) is 6.61 Å². The summed E-state index contributed by atoms with van der Waals surface area (Å²) in [4.78, 5) is 12.4. The zero-order chi connectivity index (χ0) is 18.5. The summed E-state index contributed by atoms with van der Waals surface area (Å²) in [6, 6.07) is 18.0. The predicted octanol–water partition coefficient (Wildman–Crippen LogP) is 5.46. The molecule has 0 atom stereocenters. The summed E-state index contributed by atoms with van der Waals surface area (Å²) >= 11 is 0. The van der Waals surface area contributed by atoms with Crippen molar-refractivity contribution in [1.29, 1.82) is 0 Å². The molecule has 4 heteroatoms. The Morgan fingerprint density at radius 2 is 1.74 bits per heavy atom. The summed E-state index contributed by atoms with van der Waals surface area (Å²) in [5, 5.41) is 5.43. The third-order valence-electron chi connectivity index (χ3n) is 5.18. The highest BCUT2D eigenvalue weighted by Crippen LogP contribution is 2.22. The van der Waals surface area contributed by atoms with Gasteiger partial charge in [-0.05, 0) is 47.9 Å². The van der Waals surface area contributed by atoms with Crippen molar-refractivity contribution < 1.29 is 13.9 Å². The number of carbonyl (C=O) groups excluding carboxylic acids is 1. The van der Waals surface area contributed by atoms with Crippen molar-refractivity contribution in [2.75, 3.05) is 0 Å². The first-order valence-electron chi connectivity index (χ1n) is 9.79. The largest absolute Gasteiger partial charge is 0.486 e. The molecule has 0 aliphatic heterocycles. The van der Waals surface area contributed by atoms with E-state index < -0.39 is 0 Å². The van der Waals surface area contributed by atoms with E-state index in [2.05, 4.69) is 17.4 Å². The maximum atomic E-state index is 12.4. The van der Waals surface area contributed by atoms with Gasteiger partial charge in [0.1, 0.15) is 18.1 Å². The lowest BCUT2D eigenvalue weighted by atomic mass is 10.1. The van der Waals surface area contributed by atoms with E-state index in [1.54, 1.807) is 6.07 Å². The van der Waals surface area contributed by atoms with Crippen LogP contribution in [0.2, 0.25) is 0 Å². The number of hydrogen-bond acceptors (Lipinski definition) is 3. The number of hydrogen-bond donors (Lipinski definition) is 1. The SMILES string of the molecule is O=C(NC1CCCCCC1)c1ccc(COc2ccc3ccccc3c2)o1. The second kappa shape index (κ2) is 8.30. The van der Waals surface area contributed by atoms with Crippen LogP contribution in [0.4, 0.5) is 0 Å². The summed E-state index contributed by atoms with van der Waals surface area (Å²) in [6.45, 7) is 0.301. The molecule has 0 radical (unpaired) electrons. The minimum atomic E-state index is -0.126. The molecule has 1 amide bonds. The molecule has 4 nitrogen and oxygen atoms in total. The molecule has 4 rings (SSSR count). The third kappa shape index (κ3) is 4.51. The second-order valence-electron chi connectivity index (χ2n) is 7.23. The first kappa shape index (κ1) is 17.7. The minimum absolute atomic E-state index is 0.126. The van der Waals surface area contributed by atoms with Crippen molar-refractivity contribution >= 4 is 16.7 Å². The molecule has 1 aliphatic carbocycles. The summed E-state index contributed by atoms with van der Waals surface area (Å²) in [5.41, 5.74) is 0. The zero-order valence-corrected chi connectivity index (χ0v) is 15.4. The van der Waals surface area contributed by atoms with E-state index in [-0.39, 0.29) is 11.9 Å². The van der Waals surface area contributed by atoms with Crippen LogP contribution in [0.1, 0.15) is 54.8 Å². The lowest BCUT2D eigenvalue weighted by Gasteiger charge is -2.15. The normalized spacial score (nSPS) is 15.4. The van der Waals surface area contributed by atoms with E-state index in [4.69, 9.17) is 9.15 Å². The van der Waals surface area contributed by atoms with E-state index in [1.165, 1.54) is 31.1 Å². The number of furan rings is 1. The molecule has 0 bridgehead atoms. The molecule has 1 heterocycles. The van der Waals surface area contributed by atoms with Gasteiger partial charge in [-0.1, -0.05) is 56.0 Å². The van der Waals surface area contributed by atoms with Crippen molar-refractivity contribution in [2.24, 2.45) is 0 Å². The topological polar surface area (TPSA) is 51.5 Å². The summed E-state index contributed by atoms with van der Waals surface area (Å²) in [7, 11) is 0. The van der Waals surface area contributed by atoms with Gasteiger partial charge in [0.25, 0.3) is 5.91 Å². The van der Waals surface area contributed by atoms with Gasteiger partial charge >= 0.3 is 0 Å². The van der Waals surface area contributed by atoms with Gasteiger partial charge in [-0.25, -0.2) is 0 Å². The molecule has 1 aromatic heterocycles. The maximum Gasteiger partial charge on any atom is 0.287 e. The van der Waals surface area contributed by atoms with Gasteiger partial charge in [0.05, 0.1) is 0 Å². The number of nitrogens with one attached hydrogen (secondary N) is 1. The van der Waals surface area contributed by atoms with Crippen LogP contribution in [0.3, 0.4) is 0 Å². The zero-order valence-electron chi connectivity index (χ0n) is 15.4. The lowest BCUT2D eigenvalue weighted by molar-refractivity contribution is 0.0901. The Morgan fingerprint density at radius 3 is 2.56 bits per heavy atom. The number of carbonyl (C=O) groups is 1. The second-order valence-corrected chi connectivity index (χ2v) is 7.23. The average Bonchev–Trinajstić information content (AvgIpc) is 3.03. The average molecular weight is 363 g/mol. The number of ether oxygens (including phenoxy) is 1. The van der Waals surface area contributed by atoms with Crippen LogP contribution >= 0.6 is 0 Å². The highest BCUT2D eigenvalue weighted by Gasteiger charge is 2.18. The van der Waals surface area contributed by atoms with E-state index >= 15 is 0 Å². The first-order chi connectivity index (χ1) is 13.3. The van der Waals surface area contributed by atoms with E-state index in [1.807, 2.05) is 36.4 Å². The molecule has 1 fully saturated rings. The number of amides is 1. The van der Waals surface area contributed by atoms with Crippen molar-refractivity contribution in [3.05, 3.63) is 66.1 Å². The third-order valence-corrected chi connectivity index (χ3v) is 5.18. The molecule has 3 aromatic rings. The monoisotopic (exact) mass is 363 g/mol. The minimum Gasteiger partial charge on any atom is -0.486 e. The molecule has 1 saturated carbocycles. The van der Waals surface area contributed by atoms with Crippen LogP contribution in [0.25, 0.3) is 10.8 Å². The smallest absolute Gasteiger partial charge is 0.287 e. The molecular formula is C23H25NO3. The fourth-order valence-corrected chi connectivity index (χ4v) is 3.67. The van der Waals surface area contributed by atoms with Gasteiger partial charge in [-0.3, -0.25) is 4.79 Å². The van der Waals surface area contributed by atoms with Gasteiger partial charge in [-0.2, -0.15) is 0 Å². The Hall–Kier alpha value is -2.75. The first-order valence-corrected chi connectivity index (χ1v) is 9.79.